The summed E-state index contributed by atoms with van der Waals surface area (Å²) in [5.74, 6) is 1.17. The van der Waals surface area contributed by atoms with Crippen molar-refractivity contribution < 1.29 is 4.79 Å². The zero-order chi connectivity index (χ0) is 18.7. The Morgan fingerprint density at radius 1 is 1.19 bits per heavy atom. The Hall–Kier alpha value is -2.14. The van der Waals surface area contributed by atoms with Gasteiger partial charge in [-0.2, -0.15) is 5.10 Å². The first-order valence-corrected chi connectivity index (χ1v) is 10.3. The quantitative estimate of drug-likeness (QED) is 0.891. The first-order valence-electron chi connectivity index (χ1n) is 10.3. The highest BCUT2D eigenvalue weighted by Crippen LogP contribution is 2.38. The van der Waals surface area contributed by atoms with Gasteiger partial charge in [-0.3, -0.25) is 4.79 Å². The van der Waals surface area contributed by atoms with Crippen molar-refractivity contribution in [3.63, 3.8) is 0 Å². The molecule has 27 heavy (non-hydrogen) atoms. The van der Waals surface area contributed by atoms with Crippen molar-refractivity contribution in [1.82, 2.24) is 14.7 Å². The van der Waals surface area contributed by atoms with Crippen LogP contribution < -0.4 is 5.73 Å². The summed E-state index contributed by atoms with van der Waals surface area (Å²) in [6.45, 7) is 5.88. The largest absolute Gasteiger partial charge is 0.337 e. The Morgan fingerprint density at radius 2 is 2.04 bits per heavy atom. The number of aromatic nitrogens is 2. The number of nitrogens with two attached hydrogens (primary N) is 1. The van der Waals surface area contributed by atoms with Gasteiger partial charge >= 0.3 is 0 Å². The normalized spacial score (nSPS) is 26.5. The van der Waals surface area contributed by atoms with E-state index in [9.17, 15) is 4.79 Å². The molecule has 0 radical (unpaired) electrons. The Kier molecular flexibility index (Phi) is 3.90. The lowest BCUT2D eigenvalue weighted by Crippen LogP contribution is -2.34. The Bertz CT molecular complexity index is 915. The summed E-state index contributed by atoms with van der Waals surface area (Å²) >= 11 is 0. The number of hydrogen-bond acceptors (Lipinski definition) is 3. The van der Waals surface area contributed by atoms with Crippen LogP contribution in [-0.4, -0.2) is 39.7 Å². The molecule has 2 fully saturated rings. The number of aryl methyl sites for hydroxylation is 2. The van der Waals surface area contributed by atoms with Crippen LogP contribution in [0.2, 0.25) is 0 Å². The number of nitrogens with zero attached hydrogens (tertiary/aromatic N) is 3. The maximum atomic E-state index is 13.3. The number of carbonyl (C=O) groups is 1. The van der Waals surface area contributed by atoms with E-state index >= 15 is 0 Å². The first kappa shape index (κ1) is 17.0. The third kappa shape index (κ3) is 2.63. The molecule has 0 spiro atoms. The average molecular weight is 364 g/mol. The van der Waals surface area contributed by atoms with Crippen molar-refractivity contribution in [1.29, 1.82) is 0 Å². The summed E-state index contributed by atoms with van der Waals surface area (Å²) in [5, 5.41) is 4.84. The van der Waals surface area contributed by atoms with Crippen molar-refractivity contribution in [2.75, 3.05) is 13.1 Å². The summed E-state index contributed by atoms with van der Waals surface area (Å²) in [4.78, 5) is 15.4. The molecule has 142 valence electrons. The van der Waals surface area contributed by atoms with E-state index in [1.807, 2.05) is 9.58 Å². The zero-order valence-corrected chi connectivity index (χ0v) is 16.2. The predicted molar refractivity (Wildman–Crippen MR) is 105 cm³/mol. The summed E-state index contributed by atoms with van der Waals surface area (Å²) in [6.07, 6.45) is 5.33. The molecular weight excluding hydrogens is 336 g/mol. The smallest absolute Gasteiger partial charge is 0.274 e. The average Bonchev–Trinajstić information content (AvgIpc) is 3.37. The van der Waals surface area contributed by atoms with Gasteiger partial charge in [-0.25, -0.2) is 4.68 Å². The van der Waals surface area contributed by atoms with E-state index in [4.69, 9.17) is 10.8 Å². The molecule has 5 heteroatoms. The molecule has 1 aromatic heterocycles. The van der Waals surface area contributed by atoms with Crippen LogP contribution in [0.15, 0.2) is 18.2 Å². The van der Waals surface area contributed by atoms with Gasteiger partial charge in [0, 0.05) is 30.4 Å². The minimum Gasteiger partial charge on any atom is -0.337 e. The second-order valence-corrected chi connectivity index (χ2v) is 8.70. The van der Waals surface area contributed by atoms with Crippen LogP contribution in [0.4, 0.5) is 0 Å². The van der Waals surface area contributed by atoms with Crippen molar-refractivity contribution in [2.45, 2.75) is 52.0 Å². The minimum atomic E-state index is 0.110. The van der Waals surface area contributed by atoms with Crippen molar-refractivity contribution >= 4 is 5.91 Å². The van der Waals surface area contributed by atoms with E-state index in [2.05, 4.69) is 32.0 Å². The third-order valence-corrected chi connectivity index (χ3v) is 6.91. The van der Waals surface area contributed by atoms with Crippen LogP contribution in [-0.2, 0) is 12.8 Å². The van der Waals surface area contributed by atoms with E-state index in [-0.39, 0.29) is 11.9 Å². The number of amides is 1. The highest BCUT2D eigenvalue weighted by atomic mass is 16.2. The van der Waals surface area contributed by atoms with Gasteiger partial charge in [-0.15, -0.1) is 0 Å². The van der Waals surface area contributed by atoms with Gasteiger partial charge < -0.3 is 10.6 Å². The van der Waals surface area contributed by atoms with Crippen LogP contribution >= 0.6 is 0 Å². The summed E-state index contributed by atoms with van der Waals surface area (Å²) < 4.78 is 2.03. The van der Waals surface area contributed by atoms with Gasteiger partial charge in [0.2, 0.25) is 0 Å². The highest BCUT2D eigenvalue weighted by Gasteiger charge is 2.43. The van der Waals surface area contributed by atoms with Gasteiger partial charge in [0.15, 0.2) is 5.69 Å². The molecule has 1 amide bonds. The fourth-order valence-corrected chi connectivity index (χ4v) is 5.47. The molecule has 1 saturated heterocycles. The molecule has 2 heterocycles. The van der Waals surface area contributed by atoms with Crippen LogP contribution in [0.1, 0.15) is 52.1 Å². The summed E-state index contributed by atoms with van der Waals surface area (Å²) in [6, 6.07) is 6.69. The van der Waals surface area contributed by atoms with Gasteiger partial charge in [0.1, 0.15) is 0 Å². The van der Waals surface area contributed by atoms with Crippen LogP contribution in [0, 0.1) is 25.7 Å². The van der Waals surface area contributed by atoms with E-state index in [1.165, 1.54) is 22.4 Å². The van der Waals surface area contributed by atoms with E-state index in [0.717, 1.165) is 50.9 Å². The second-order valence-electron chi connectivity index (χ2n) is 8.70. The lowest BCUT2D eigenvalue weighted by molar-refractivity contribution is 0.0772. The van der Waals surface area contributed by atoms with Crippen molar-refractivity contribution in [2.24, 2.45) is 17.6 Å². The third-order valence-electron chi connectivity index (χ3n) is 6.91. The molecule has 5 nitrogen and oxygen atoms in total. The molecule has 2 aromatic rings. The Balaban J connectivity index is 1.50. The van der Waals surface area contributed by atoms with Crippen molar-refractivity contribution in [3.05, 3.63) is 46.3 Å². The maximum absolute atomic E-state index is 13.3. The maximum Gasteiger partial charge on any atom is 0.274 e. The van der Waals surface area contributed by atoms with Gasteiger partial charge in [-0.05, 0) is 69.4 Å². The van der Waals surface area contributed by atoms with Gasteiger partial charge in [0.25, 0.3) is 5.91 Å². The number of likely N-dealkylation sites (tertiary alicyclic amines) is 1. The lowest BCUT2D eigenvalue weighted by atomic mass is 9.98. The molecule has 5 rings (SSSR count). The second kappa shape index (κ2) is 6.20. The summed E-state index contributed by atoms with van der Waals surface area (Å²) in [5.41, 5.74) is 12.9. The number of hydrogen-bond donors (Lipinski definition) is 1. The fourth-order valence-electron chi connectivity index (χ4n) is 5.47. The highest BCUT2D eigenvalue weighted by molar-refractivity contribution is 5.94. The lowest BCUT2D eigenvalue weighted by Gasteiger charge is -2.18. The Labute approximate surface area is 160 Å². The molecule has 1 aromatic carbocycles. The van der Waals surface area contributed by atoms with E-state index < -0.39 is 0 Å². The number of rotatable bonds is 2. The first-order chi connectivity index (χ1) is 13.0. The molecular formula is C22H28N4O. The summed E-state index contributed by atoms with van der Waals surface area (Å²) in [7, 11) is 0. The molecule has 1 saturated carbocycles. The topological polar surface area (TPSA) is 64.2 Å². The van der Waals surface area contributed by atoms with Crippen LogP contribution in [0.5, 0.6) is 0 Å². The van der Waals surface area contributed by atoms with Crippen molar-refractivity contribution in [3.8, 4) is 5.69 Å². The molecule has 0 bridgehead atoms. The van der Waals surface area contributed by atoms with E-state index in [1.54, 1.807) is 0 Å². The van der Waals surface area contributed by atoms with Gasteiger partial charge in [-0.1, -0.05) is 17.7 Å². The predicted octanol–water partition coefficient (Wildman–Crippen LogP) is 2.79. The number of fused-ring (bicyclic) bond motifs is 2. The minimum absolute atomic E-state index is 0.110. The zero-order valence-electron chi connectivity index (χ0n) is 16.2. The number of benzene rings is 1. The van der Waals surface area contributed by atoms with Crippen LogP contribution in [0.25, 0.3) is 5.69 Å². The number of carbonyl (C=O) groups excluding carboxylic acids is 1. The standard InChI is InChI=1S/C22H28N4O/c1-13-6-9-19(14(2)10-13)26-20-5-3-4-16(20)21(24-26)22(27)25-11-15-7-8-18(23)17(15)12-25/h6,9-10,15,17-18H,3-5,7-8,11-12,23H2,1-2H3. The molecule has 1 aliphatic heterocycles. The van der Waals surface area contributed by atoms with E-state index in [0.29, 0.717) is 17.5 Å². The molecule has 2 N–H and O–H groups in total. The van der Waals surface area contributed by atoms with Crippen LogP contribution in [0.3, 0.4) is 0 Å². The SMILES string of the molecule is Cc1ccc(-n2nc(C(=O)N3CC4CCC(N)C4C3)c3c2CCC3)c(C)c1. The molecule has 3 atom stereocenters. The fraction of sp³-hybridized carbons (Fsp3) is 0.545. The molecule has 3 unspecified atom stereocenters. The monoisotopic (exact) mass is 364 g/mol. The molecule has 3 aliphatic rings. The Morgan fingerprint density at radius 3 is 2.81 bits per heavy atom. The molecule has 2 aliphatic carbocycles. The van der Waals surface area contributed by atoms with Gasteiger partial charge in [0.05, 0.1) is 5.69 Å².